The third-order valence-corrected chi connectivity index (χ3v) is 6.99. The van der Waals surface area contributed by atoms with Crippen molar-refractivity contribution in [1.29, 1.82) is 0 Å². The second kappa shape index (κ2) is 10.9. The van der Waals surface area contributed by atoms with E-state index in [4.69, 9.17) is 9.72 Å². The van der Waals surface area contributed by atoms with E-state index in [1.54, 1.807) is 28.2 Å². The summed E-state index contributed by atoms with van der Waals surface area (Å²) in [4.78, 5) is 22.2. The molecule has 0 N–H and O–H groups in total. The number of hydrogen-bond donors (Lipinski definition) is 0. The molecule has 2 heterocycles. The number of urea groups is 1. The van der Waals surface area contributed by atoms with Crippen LogP contribution in [0.25, 0.3) is 0 Å². The second-order valence-corrected chi connectivity index (χ2v) is 9.10. The van der Waals surface area contributed by atoms with Crippen molar-refractivity contribution >= 4 is 22.5 Å². The number of carbonyl (C=O) groups excluding carboxylic acids is 1. The molecule has 1 aromatic heterocycles. The normalized spacial score (nSPS) is 22.8. The van der Waals surface area contributed by atoms with Crippen molar-refractivity contribution in [2.75, 3.05) is 25.4 Å². The first kappa shape index (κ1) is 22.0. The van der Waals surface area contributed by atoms with Crippen LogP contribution in [0.15, 0.2) is 24.3 Å². The van der Waals surface area contributed by atoms with Gasteiger partial charge in [0, 0.05) is 11.9 Å². The summed E-state index contributed by atoms with van der Waals surface area (Å²) in [6.07, 6.45) is 18.3. The summed E-state index contributed by atoms with van der Waals surface area (Å²) in [5.74, 6) is 1.22. The van der Waals surface area contributed by atoms with Crippen LogP contribution in [0, 0.1) is 5.92 Å². The summed E-state index contributed by atoms with van der Waals surface area (Å²) in [7, 11) is 1.77. The van der Waals surface area contributed by atoms with Gasteiger partial charge in [0.1, 0.15) is 13.5 Å². The highest BCUT2D eigenvalue weighted by Crippen LogP contribution is 2.44. The number of aromatic nitrogens is 1. The first-order valence-electron chi connectivity index (χ1n) is 11.0. The van der Waals surface area contributed by atoms with Gasteiger partial charge in [-0.3, -0.25) is 0 Å². The number of hydrogen-bond acceptors (Lipinski definition) is 4. The highest BCUT2D eigenvalue weighted by Gasteiger charge is 2.33. The molecule has 1 saturated heterocycles. The van der Waals surface area contributed by atoms with Crippen molar-refractivity contribution in [1.82, 2.24) is 9.88 Å². The zero-order valence-corrected chi connectivity index (χ0v) is 18.9. The Bertz CT molecular complexity index is 728. The Hall–Kier alpha value is -1.66. The number of rotatable bonds is 9. The van der Waals surface area contributed by atoms with Crippen LogP contribution in [-0.2, 0) is 11.2 Å². The maximum Gasteiger partial charge on any atom is 0.329 e. The molecular weight excluding hydrogens is 382 g/mol. The Morgan fingerprint density at radius 3 is 2.55 bits per heavy atom. The van der Waals surface area contributed by atoms with Crippen molar-refractivity contribution < 1.29 is 9.53 Å². The lowest BCUT2D eigenvalue weighted by molar-refractivity contribution is 0.0361. The summed E-state index contributed by atoms with van der Waals surface area (Å²) in [6, 6.07) is -0.0222. The van der Waals surface area contributed by atoms with E-state index in [1.807, 2.05) is 0 Å². The van der Waals surface area contributed by atoms with Gasteiger partial charge >= 0.3 is 6.03 Å². The second-order valence-electron chi connectivity index (χ2n) is 8.10. The number of carbonyl (C=O) groups is 1. The van der Waals surface area contributed by atoms with Gasteiger partial charge in [-0.1, -0.05) is 38.2 Å². The number of thiazole rings is 1. The van der Waals surface area contributed by atoms with Crippen molar-refractivity contribution in [3.8, 4) is 0 Å². The number of ether oxygens (including phenoxy) is 1. The summed E-state index contributed by atoms with van der Waals surface area (Å²) in [5, 5.41) is 0.798. The van der Waals surface area contributed by atoms with Gasteiger partial charge in [-0.15, -0.1) is 11.3 Å². The largest absolute Gasteiger partial charge is 0.340 e. The Kier molecular flexibility index (Phi) is 8.30. The summed E-state index contributed by atoms with van der Waals surface area (Å²) >= 11 is 1.70. The lowest BCUT2D eigenvalue weighted by atomic mass is 9.79. The molecule has 0 spiro atoms. The molecule has 6 heteroatoms. The fourth-order valence-corrected chi connectivity index (χ4v) is 5.41. The van der Waals surface area contributed by atoms with E-state index in [0.29, 0.717) is 25.3 Å². The molecule has 1 aliphatic heterocycles. The minimum absolute atomic E-state index is 0.0222. The Labute approximate surface area is 179 Å². The number of nitrogens with zero attached hydrogens (tertiary/aromatic N) is 3. The van der Waals surface area contributed by atoms with Gasteiger partial charge in [-0.2, -0.15) is 0 Å². The SMILES string of the molecule is CCC=CCCC1Cc2nc(N3COCN(C)C3=O)sc2C(CCC=CCC)C1. The molecule has 0 saturated carbocycles. The third kappa shape index (κ3) is 5.70. The summed E-state index contributed by atoms with van der Waals surface area (Å²) in [6.45, 7) is 5.01. The zero-order chi connectivity index (χ0) is 20.6. The minimum Gasteiger partial charge on any atom is -0.340 e. The lowest BCUT2D eigenvalue weighted by Crippen LogP contribution is -2.48. The van der Waals surface area contributed by atoms with Crippen LogP contribution < -0.4 is 4.90 Å². The van der Waals surface area contributed by atoms with E-state index in [1.165, 1.54) is 23.4 Å². The van der Waals surface area contributed by atoms with Crippen LogP contribution in [0.4, 0.5) is 9.93 Å². The van der Waals surface area contributed by atoms with E-state index >= 15 is 0 Å². The molecule has 0 aromatic carbocycles. The molecule has 3 rings (SSSR count). The van der Waals surface area contributed by atoms with Crippen LogP contribution in [0.3, 0.4) is 0 Å². The van der Waals surface area contributed by atoms with Crippen LogP contribution in [0.2, 0.25) is 0 Å². The Morgan fingerprint density at radius 2 is 1.83 bits per heavy atom. The molecule has 0 radical (unpaired) electrons. The van der Waals surface area contributed by atoms with Gasteiger partial charge < -0.3 is 9.64 Å². The van der Waals surface area contributed by atoms with Crippen LogP contribution >= 0.6 is 11.3 Å². The Balaban J connectivity index is 1.76. The summed E-state index contributed by atoms with van der Waals surface area (Å²) < 4.78 is 5.55. The molecule has 0 bridgehead atoms. The van der Waals surface area contributed by atoms with E-state index < -0.39 is 0 Å². The highest BCUT2D eigenvalue weighted by atomic mass is 32.1. The monoisotopic (exact) mass is 417 g/mol. The minimum atomic E-state index is -0.0222. The van der Waals surface area contributed by atoms with Gasteiger partial charge in [0.05, 0.1) is 5.69 Å². The molecule has 2 aliphatic rings. The molecule has 1 fully saturated rings. The zero-order valence-electron chi connectivity index (χ0n) is 18.1. The van der Waals surface area contributed by atoms with Crippen LogP contribution in [0.5, 0.6) is 0 Å². The number of amides is 2. The predicted molar refractivity (Wildman–Crippen MR) is 120 cm³/mol. The molecule has 1 aliphatic carbocycles. The maximum atomic E-state index is 12.6. The fourth-order valence-electron chi connectivity index (χ4n) is 4.19. The Morgan fingerprint density at radius 1 is 1.10 bits per heavy atom. The number of fused-ring (bicyclic) bond motifs is 1. The van der Waals surface area contributed by atoms with E-state index in [9.17, 15) is 4.79 Å². The average molecular weight is 418 g/mol. The predicted octanol–water partition coefficient (Wildman–Crippen LogP) is 6.09. The maximum absolute atomic E-state index is 12.6. The standard InChI is InChI=1S/C23H35N3O2S/c1-4-6-8-10-12-18-14-19(13-11-9-7-5-2)21-20(15-18)24-22(29-21)26-17-28-16-25(3)23(26)27/h6-9,18-19H,4-5,10-17H2,1-3H3. The van der Waals surface area contributed by atoms with Crippen molar-refractivity contribution in [2.45, 2.75) is 71.1 Å². The van der Waals surface area contributed by atoms with Gasteiger partial charge in [-0.05, 0) is 63.2 Å². The van der Waals surface area contributed by atoms with E-state index in [-0.39, 0.29) is 6.03 Å². The smallest absolute Gasteiger partial charge is 0.329 e. The topological polar surface area (TPSA) is 45.7 Å². The fraction of sp³-hybridized carbons (Fsp3) is 0.652. The van der Waals surface area contributed by atoms with E-state index in [2.05, 4.69) is 38.2 Å². The van der Waals surface area contributed by atoms with Gasteiger partial charge in [0.25, 0.3) is 0 Å². The molecular formula is C23H35N3O2S. The molecule has 1 aromatic rings. The molecule has 5 nitrogen and oxygen atoms in total. The summed E-state index contributed by atoms with van der Waals surface area (Å²) in [5.41, 5.74) is 1.21. The van der Waals surface area contributed by atoms with Gasteiger partial charge in [-0.25, -0.2) is 14.7 Å². The molecule has 29 heavy (non-hydrogen) atoms. The van der Waals surface area contributed by atoms with Gasteiger partial charge in [0.2, 0.25) is 0 Å². The molecule has 160 valence electrons. The molecule has 2 unspecified atom stereocenters. The van der Waals surface area contributed by atoms with Crippen molar-refractivity contribution in [3.05, 3.63) is 34.9 Å². The quantitative estimate of drug-likeness (QED) is 0.457. The molecule has 2 amide bonds. The number of allylic oxidation sites excluding steroid dienone is 4. The number of anilines is 1. The average Bonchev–Trinajstić information content (AvgIpc) is 3.14. The first-order chi connectivity index (χ1) is 14.1. The first-order valence-corrected chi connectivity index (χ1v) is 11.9. The third-order valence-electron chi connectivity index (χ3n) is 5.71. The highest BCUT2D eigenvalue weighted by molar-refractivity contribution is 7.16. The van der Waals surface area contributed by atoms with E-state index in [0.717, 1.165) is 43.7 Å². The van der Waals surface area contributed by atoms with Gasteiger partial charge in [0.15, 0.2) is 5.13 Å². The van der Waals surface area contributed by atoms with Crippen molar-refractivity contribution in [2.24, 2.45) is 5.92 Å². The lowest BCUT2D eigenvalue weighted by Gasteiger charge is -2.31. The van der Waals surface area contributed by atoms with Crippen LogP contribution in [-0.4, -0.2) is 36.4 Å². The van der Waals surface area contributed by atoms with Crippen LogP contribution in [0.1, 0.15) is 75.3 Å². The van der Waals surface area contributed by atoms with Crippen molar-refractivity contribution in [3.63, 3.8) is 0 Å². The molecule has 2 atom stereocenters.